The molecule has 0 spiro atoms. The smallest absolute Gasteiger partial charge is 0.238 e. The molecule has 28 heavy (non-hydrogen) atoms. The number of carbonyl (C=O) groups excluding carboxylic acids is 2. The number of hydrogen-bond acceptors (Lipinski definition) is 5. The molecule has 2 aliphatic carbocycles. The van der Waals surface area contributed by atoms with Crippen LogP contribution < -0.4 is 19.1 Å². The Morgan fingerprint density at radius 1 is 0.821 bits per heavy atom. The van der Waals surface area contributed by atoms with Gasteiger partial charge in [0.15, 0.2) is 11.5 Å². The van der Waals surface area contributed by atoms with Gasteiger partial charge in [-0.2, -0.15) is 0 Å². The van der Waals surface area contributed by atoms with Crippen molar-refractivity contribution in [2.45, 2.75) is 6.42 Å². The maximum atomic E-state index is 12.9. The zero-order valence-corrected chi connectivity index (χ0v) is 14.9. The normalized spacial score (nSPS) is 28.9. The molecule has 4 atom stereocenters. The standard InChI is InChI=1S/C22H17NO5/c24-21-19-12-1-2-13(9-12)20(19)22(25)23(21)14-3-5-15(6-4-14)28-16-7-8-17-18(10-16)27-11-26-17/h1-8,10,12-13,19-20H,9,11H2. The van der Waals surface area contributed by atoms with E-state index in [2.05, 4.69) is 12.2 Å². The Morgan fingerprint density at radius 3 is 2.18 bits per heavy atom. The van der Waals surface area contributed by atoms with E-state index in [9.17, 15) is 9.59 Å². The van der Waals surface area contributed by atoms with Gasteiger partial charge in [-0.05, 0) is 54.7 Å². The Morgan fingerprint density at radius 2 is 1.46 bits per heavy atom. The van der Waals surface area contributed by atoms with Gasteiger partial charge in [-0.15, -0.1) is 0 Å². The van der Waals surface area contributed by atoms with Crippen LogP contribution in [0.4, 0.5) is 5.69 Å². The third kappa shape index (κ3) is 2.14. The van der Waals surface area contributed by atoms with Crippen LogP contribution in [-0.4, -0.2) is 18.6 Å². The number of benzene rings is 2. The molecule has 6 heteroatoms. The largest absolute Gasteiger partial charge is 0.457 e. The minimum Gasteiger partial charge on any atom is -0.457 e. The quantitative estimate of drug-likeness (QED) is 0.607. The van der Waals surface area contributed by atoms with Crippen molar-refractivity contribution in [3.05, 3.63) is 54.6 Å². The lowest BCUT2D eigenvalue weighted by Gasteiger charge is -2.17. The molecule has 6 nitrogen and oxygen atoms in total. The van der Waals surface area contributed by atoms with Gasteiger partial charge in [-0.25, -0.2) is 0 Å². The first-order valence-electron chi connectivity index (χ1n) is 9.43. The molecule has 2 fully saturated rings. The zero-order valence-electron chi connectivity index (χ0n) is 14.9. The number of fused-ring (bicyclic) bond motifs is 6. The molecular weight excluding hydrogens is 358 g/mol. The van der Waals surface area contributed by atoms with Crippen LogP contribution in [-0.2, 0) is 9.59 Å². The summed E-state index contributed by atoms with van der Waals surface area (Å²) in [6.45, 7) is 0.213. The second kappa shape index (κ2) is 5.61. The van der Waals surface area contributed by atoms with Crippen LogP contribution in [0.2, 0.25) is 0 Å². The molecule has 4 aliphatic rings. The first kappa shape index (κ1) is 15.7. The fourth-order valence-corrected chi connectivity index (χ4v) is 4.90. The number of imide groups is 1. The number of amides is 2. The summed E-state index contributed by atoms with van der Waals surface area (Å²) in [6.07, 6.45) is 5.13. The summed E-state index contributed by atoms with van der Waals surface area (Å²) < 4.78 is 16.5. The topological polar surface area (TPSA) is 65.1 Å². The van der Waals surface area contributed by atoms with E-state index in [1.165, 1.54) is 4.90 Å². The highest BCUT2D eigenvalue weighted by atomic mass is 16.7. The number of rotatable bonds is 3. The van der Waals surface area contributed by atoms with Crippen LogP contribution in [0.5, 0.6) is 23.0 Å². The molecule has 6 rings (SSSR count). The van der Waals surface area contributed by atoms with Gasteiger partial charge in [0, 0.05) is 6.07 Å². The maximum absolute atomic E-state index is 12.9. The van der Waals surface area contributed by atoms with Crippen LogP contribution in [0.25, 0.3) is 0 Å². The van der Waals surface area contributed by atoms with Crippen molar-refractivity contribution in [2.75, 3.05) is 11.7 Å². The van der Waals surface area contributed by atoms with Crippen molar-refractivity contribution in [1.29, 1.82) is 0 Å². The third-order valence-corrected chi connectivity index (χ3v) is 6.15. The summed E-state index contributed by atoms with van der Waals surface area (Å²) in [7, 11) is 0. The first-order valence-corrected chi connectivity index (χ1v) is 9.43. The van der Waals surface area contributed by atoms with Crippen molar-refractivity contribution >= 4 is 17.5 Å². The van der Waals surface area contributed by atoms with Gasteiger partial charge in [0.1, 0.15) is 11.5 Å². The van der Waals surface area contributed by atoms with Gasteiger partial charge in [0.2, 0.25) is 18.6 Å². The number of ether oxygens (including phenoxy) is 3. The van der Waals surface area contributed by atoms with Gasteiger partial charge in [0.05, 0.1) is 17.5 Å². The average Bonchev–Trinajstić information content (AvgIpc) is 3.47. The van der Waals surface area contributed by atoms with E-state index in [4.69, 9.17) is 14.2 Å². The van der Waals surface area contributed by atoms with Crippen LogP contribution in [0.1, 0.15) is 6.42 Å². The molecule has 1 saturated heterocycles. The van der Waals surface area contributed by atoms with Crippen LogP contribution in [0.3, 0.4) is 0 Å². The van der Waals surface area contributed by atoms with Crippen molar-refractivity contribution < 1.29 is 23.8 Å². The fraction of sp³-hybridized carbons (Fsp3) is 0.273. The summed E-state index contributed by atoms with van der Waals surface area (Å²) in [5.74, 6) is 2.49. The van der Waals surface area contributed by atoms with E-state index in [-0.39, 0.29) is 42.3 Å². The molecule has 0 aromatic heterocycles. The van der Waals surface area contributed by atoms with Crippen LogP contribution in [0, 0.1) is 23.7 Å². The minimum atomic E-state index is -0.188. The lowest BCUT2D eigenvalue weighted by atomic mass is 9.85. The Balaban J connectivity index is 1.23. The highest BCUT2D eigenvalue weighted by molar-refractivity contribution is 6.22. The molecule has 2 heterocycles. The van der Waals surface area contributed by atoms with Crippen LogP contribution in [0.15, 0.2) is 54.6 Å². The lowest BCUT2D eigenvalue weighted by Crippen LogP contribution is -2.32. The predicted molar refractivity (Wildman–Crippen MR) is 99.3 cm³/mol. The molecule has 2 aromatic carbocycles. The van der Waals surface area contributed by atoms with Gasteiger partial charge < -0.3 is 14.2 Å². The fourth-order valence-electron chi connectivity index (χ4n) is 4.90. The van der Waals surface area contributed by atoms with Crippen molar-refractivity contribution in [3.63, 3.8) is 0 Å². The predicted octanol–water partition coefficient (Wildman–Crippen LogP) is 3.52. The summed E-state index contributed by atoms with van der Waals surface area (Å²) in [5, 5.41) is 0. The molecule has 0 radical (unpaired) electrons. The molecule has 4 unspecified atom stereocenters. The summed E-state index contributed by atoms with van der Waals surface area (Å²) >= 11 is 0. The van der Waals surface area contributed by atoms with Gasteiger partial charge in [-0.3, -0.25) is 14.5 Å². The van der Waals surface area contributed by atoms with Gasteiger partial charge >= 0.3 is 0 Å². The molecule has 2 aliphatic heterocycles. The second-order valence-corrected chi connectivity index (χ2v) is 7.62. The van der Waals surface area contributed by atoms with E-state index in [1.54, 1.807) is 42.5 Å². The molecule has 2 bridgehead atoms. The first-order chi connectivity index (χ1) is 13.7. The SMILES string of the molecule is O=C1C2C3C=CC(C3)C2C(=O)N1c1ccc(Oc2ccc3c(c2)OCO3)cc1. The monoisotopic (exact) mass is 375 g/mol. The molecular formula is C22H17NO5. The number of nitrogens with zero attached hydrogens (tertiary/aromatic N) is 1. The van der Waals surface area contributed by atoms with E-state index in [0.29, 0.717) is 28.7 Å². The second-order valence-electron chi connectivity index (χ2n) is 7.62. The summed E-state index contributed by atoms with van der Waals surface area (Å²) in [4.78, 5) is 27.1. The molecule has 1 saturated carbocycles. The Labute approximate surface area is 161 Å². The van der Waals surface area contributed by atoms with E-state index in [1.807, 2.05) is 0 Å². The third-order valence-electron chi connectivity index (χ3n) is 6.15. The highest BCUT2D eigenvalue weighted by Gasteiger charge is 2.59. The Kier molecular flexibility index (Phi) is 3.15. The number of carbonyl (C=O) groups is 2. The van der Waals surface area contributed by atoms with Crippen molar-refractivity contribution in [3.8, 4) is 23.0 Å². The molecule has 2 aromatic rings. The minimum absolute atomic E-state index is 0.0729. The summed E-state index contributed by atoms with van der Waals surface area (Å²) in [6, 6.07) is 12.4. The number of hydrogen-bond donors (Lipinski definition) is 0. The zero-order chi connectivity index (χ0) is 18.8. The van der Waals surface area contributed by atoms with E-state index >= 15 is 0 Å². The number of allylic oxidation sites excluding steroid dienone is 2. The molecule has 140 valence electrons. The Bertz CT molecular complexity index is 998. The Hall–Kier alpha value is -3.28. The van der Waals surface area contributed by atoms with E-state index in [0.717, 1.165) is 6.42 Å². The van der Waals surface area contributed by atoms with Gasteiger partial charge in [0.25, 0.3) is 0 Å². The van der Waals surface area contributed by atoms with Crippen LogP contribution >= 0.6 is 0 Å². The highest BCUT2D eigenvalue weighted by Crippen LogP contribution is 2.53. The van der Waals surface area contributed by atoms with E-state index < -0.39 is 0 Å². The molecule has 0 N–H and O–H groups in total. The number of anilines is 1. The molecule has 2 amide bonds. The maximum Gasteiger partial charge on any atom is 0.238 e. The average molecular weight is 375 g/mol. The summed E-state index contributed by atoms with van der Waals surface area (Å²) in [5.41, 5.74) is 0.599. The van der Waals surface area contributed by atoms with Crippen molar-refractivity contribution in [1.82, 2.24) is 0 Å². The van der Waals surface area contributed by atoms with Gasteiger partial charge in [-0.1, -0.05) is 12.2 Å². The van der Waals surface area contributed by atoms with Crippen molar-refractivity contribution in [2.24, 2.45) is 23.7 Å². The lowest BCUT2D eigenvalue weighted by molar-refractivity contribution is -0.123.